The summed E-state index contributed by atoms with van der Waals surface area (Å²) in [6, 6.07) is 1.26. The maximum absolute atomic E-state index is 10.9. The van der Waals surface area contributed by atoms with Crippen LogP contribution in [-0.4, -0.2) is 66.9 Å². The molecule has 1 aromatic carbocycles. The van der Waals surface area contributed by atoms with E-state index in [1.165, 1.54) is 44.7 Å². The van der Waals surface area contributed by atoms with Crippen LogP contribution in [0.25, 0.3) is 0 Å². The summed E-state index contributed by atoms with van der Waals surface area (Å²) in [6.07, 6.45) is 14.9. The zero-order chi connectivity index (χ0) is 25.7. The Morgan fingerprint density at radius 1 is 0.909 bits per heavy atom. The Kier molecular flexibility index (Phi) is 14.5. The van der Waals surface area contributed by atoms with Gasteiger partial charge in [0.25, 0.3) is 0 Å². The molecule has 8 nitrogen and oxygen atoms in total. The van der Waals surface area contributed by atoms with Crippen molar-refractivity contribution in [1.29, 1.82) is 0 Å². The Balaban J connectivity index is 0.000000633. The van der Waals surface area contributed by atoms with Crippen molar-refractivity contribution >= 4 is 29.3 Å². The normalized spacial score (nSPS) is 11.5. The van der Waals surface area contributed by atoms with E-state index in [1.807, 2.05) is 0 Å². The Morgan fingerprint density at radius 3 is 1.64 bits per heavy atom. The minimum absolute atomic E-state index is 0.527. The van der Waals surface area contributed by atoms with Crippen molar-refractivity contribution in [3.63, 3.8) is 0 Å². The number of methoxy groups -OCH3 is 1. The van der Waals surface area contributed by atoms with E-state index in [0.717, 1.165) is 7.11 Å². The van der Waals surface area contributed by atoms with Gasteiger partial charge >= 0.3 is 11.9 Å². The molecule has 0 fully saturated rings. The molecule has 0 aliphatic rings. The van der Waals surface area contributed by atoms with E-state index in [0.29, 0.717) is 12.1 Å². The number of benzene rings is 1. The van der Waals surface area contributed by atoms with Crippen molar-refractivity contribution in [2.75, 3.05) is 31.8 Å². The van der Waals surface area contributed by atoms with Crippen LogP contribution < -0.4 is 4.74 Å². The van der Waals surface area contributed by atoms with Crippen LogP contribution in [0.15, 0.2) is 17.0 Å². The van der Waals surface area contributed by atoms with Crippen LogP contribution in [0.1, 0.15) is 86.9 Å². The van der Waals surface area contributed by atoms with E-state index in [2.05, 4.69) is 32.4 Å². The summed E-state index contributed by atoms with van der Waals surface area (Å²) in [5, 5.41) is 17.5. The molecule has 10 heteroatoms. The molecule has 0 amide bonds. The topological polar surface area (TPSA) is 141 Å². The van der Waals surface area contributed by atoms with Crippen LogP contribution >= 0.6 is 7.26 Å². The standard InChI is InChI=1S/C14H32P.C9H8O8S/c1-5-9-12-15(8-4,13-10-6-2)14-11-7-3;1-17-7-5(9(12)13)2-4(8(10)11)3-6(7)18(14,15)16/h5-14H2,1-4H3;2-3H,1H3,(H,10,11)(H,12,13)(H,14,15,16)/q+1;/p-1. The molecule has 0 unspecified atom stereocenters. The molecule has 190 valence electrons. The molecule has 0 atom stereocenters. The first-order valence-electron chi connectivity index (χ1n) is 11.4. The van der Waals surface area contributed by atoms with Gasteiger partial charge in [-0.1, -0.05) is 40.0 Å². The summed E-state index contributed by atoms with van der Waals surface area (Å²) < 4.78 is 37.4. The molecule has 0 aliphatic heterocycles. The summed E-state index contributed by atoms with van der Waals surface area (Å²) in [5.41, 5.74) is -1.35. The van der Waals surface area contributed by atoms with Crippen molar-refractivity contribution < 1.29 is 37.5 Å². The molecule has 2 N–H and O–H groups in total. The maximum atomic E-state index is 10.9. The lowest BCUT2D eigenvalue weighted by molar-refractivity contribution is 0.0692. The average molecular weight is 507 g/mol. The number of carbonyl (C=O) groups is 2. The highest BCUT2D eigenvalue weighted by Gasteiger charge is 2.32. The van der Waals surface area contributed by atoms with Crippen molar-refractivity contribution in [2.24, 2.45) is 0 Å². The van der Waals surface area contributed by atoms with Gasteiger partial charge in [0, 0.05) is 7.26 Å². The predicted molar refractivity (Wildman–Crippen MR) is 132 cm³/mol. The largest absolute Gasteiger partial charge is 0.744 e. The minimum Gasteiger partial charge on any atom is -0.744 e. The van der Waals surface area contributed by atoms with Crippen molar-refractivity contribution in [2.45, 2.75) is 71.1 Å². The third-order valence-corrected chi connectivity index (χ3v) is 11.6. The van der Waals surface area contributed by atoms with Gasteiger partial charge in [-0.05, 0) is 38.3 Å². The van der Waals surface area contributed by atoms with E-state index in [4.69, 9.17) is 10.2 Å². The highest BCUT2D eigenvalue weighted by atomic mass is 32.2. The molecular formula is C23H39O8PS. The second-order valence-corrected chi connectivity index (χ2v) is 14.0. The zero-order valence-corrected chi connectivity index (χ0v) is 22.1. The van der Waals surface area contributed by atoms with Crippen molar-refractivity contribution in [3.05, 3.63) is 23.3 Å². The molecule has 1 aromatic rings. The van der Waals surface area contributed by atoms with Gasteiger partial charge in [-0.25, -0.2) is 18.0 Å². The molecule has 33 heavy (non-hydrogen) atoms. The van der Waals surface area contributed by atoms with Gasteiger partial charge in [0.1, 0.15) is 15.7 Å². The SMILES string of the molecule is CCCC[P+](CC)(CCCC)CCCC.COc1c(C(=O)O)cc(C(=O)O)cc1S(=O)(=O)[O-]. The highest BCUT2D eigenvalue weighted by molar-refractivity contribution is 7.85. The fourth-order valence-electron chi connectivity index (χ4n) is 3.57. The van der Waals surface area contributed by atoms with Gasteiger partial charge < -0.3 is 19.5 Å². The summed E-state index contributed by atoms with van der Waals surface area (Å²) >= 11 is 0. The number of carboxylic acid groups (broad SMARTS) is 2. The van der Waals surface area contributed by atoms with Crippen molar-refractivity contribution in [3.8, 4) is 5.75 Å². The maximum Gasteiger partial charge on any atom is 0.339 e. The van der Waals surface area contributed by atoms with Gasteiger partial charge in [0.15, 0.2) is 5.75 Å². The first kappa shape index (κ1) is 31.3. The number of hydrogen-bond acceptors (Lipinski definition) is 6. The first-order chi connectivity index (χ1) is 15.4. The lowest BCUT2D eigenvalue weighted by Gasteiger charge is -2.26. The molecule has 0 aromatic heterocycles. The summed E-state index contributed by atoms with van der Waals surface area (Å²) in [4.78, 5) is 20.6. The number of rotatable bonds is 14. The predicted octanol–water partition coefficient (Wildman–Crippen LogP) is 5.42. The van der Waals surface area contributed by atoms with Gasteiger partial charge in [-0.2, -0.15) is 0 Å². The minimum atomic E-state index is -5.06. The van der Waals surface area contributed by atoms with Crippen LogP contribution in [0.4, 0.5) is 0 Å². The number of carboxylic acids is 2. The molecule has 0 saturated carbocycles. The summed E-state index contributed by atoms with van der Waals surface area (Å²) in [7, 11) is -4.62. The quantitative estimate of drug-likeness (QED) is 0.252. The zero-order valence-electron chi connectivity index (χ0n) is 20.4. The molecule has 0 bridgehead atoms. The van der Waals surface area contributed by atoms with Crippen LogP contribution in [0.5, 0.6) is 5.75 Å². The molecular weight excluding hydrogens is 467 g/mol. The van der Waals surface area contributed by atoms with Gasteiger partial charge in [-0.15, -0.1) is 0 Å². The van der Waals surface area contributed by atoms with E-state index in [-0.39, 0.29) is 0 Å². The van der Waals surface area contributed by atoms with E-state index in [9.17, 15) is 22.6 Å². The second-order valence-electron chi connectivity index (χ2n) is 8.01. The van der Waals surface area contributed by atoms with Gasteiger partial charge in [-0.3, -0.25) is 0 Å². The Bertz CT molecular complexity index is 846. The Morgan fingerprint density at radius 2 is 1.36 bits per heavy atom. The fraction of sp³-hybridized carbons (Fsp3) is 0.652. The van der Waals surface area contributed by atoms with E-state index >= 15 is 0 Å². The third-order valence-electron chi connectivity index (χ3n) is 5.63. The van der Waals surface area contributed by atoms with E-state index in [1.54, 1.807) is 18.5 Å². The number of ether oxygens (including phenoxy) is 1. The molecule has 0 radical (unpaired) electrons. The monoisotopic (exact) mass is 506 g/mol. The molecule has 1 rings (SSSR count). The molecule has 0 saturated heterocycles. The molecule has 0 heterocycles. The van der Waals surface area contributed by atoms with Gasteiger partial charge in [0.2, 0.25) is 0 Å². The third kappa shape index (κ3) is 10.4. The lowest BCUT2D eigenvalue weighted by Crippen LogP contribution is -2.11. The first-order valence-corrected chi connectivity index (χ1v) is 15.4. The number of unbranched alkanes of at least 4 members (excludes halogenated alkanes) is 3. The van der Waals surface area contributed by atoms with Crippen LogP contribution in [0.3, 0.4) is 0 Å². The average Bonchev–Trinajstić information content (AvgIpc) is 2.77. The summed E-state index contributed by atoms with van der Waals surface area (Å²) in [5.74, 6) is -3.87. The number of hydrogen-bond donors (Lipinski definition) is 2. The smallest absolute Gasteiger partial charge is 0.339 e. The van der Waals surface area contributed by atoms with Crippen molar-refractivity contribution in [1.82, 2.24) is 0 Å². The Hall–Kier alpha value is -1.70. The second kappa shape index (κ2) is 15.3. The Labute approximate surface area is 198 Å². The molecule has 0 aliphatic carbocycles. The fourth-order valence-corrected chi connectivity index (χ4v) is 8.84. The molecule has 0 spiro atoms. The van der Waals surface area contributed by atoms with Gasteiger partial charge in [0.05, 0.1) is 42.2 Å². The highest BCUT2D eigenvalue weighted by Crippen LogP contribution is 2.60. The van der Waals surface area contributed by atoms with Crippen LogP contribution in [0, 0.1) is 0 Å². The van der Waals surface area contributed by atoms with Crippen LogP contribution in [-0.2, 0) is 10.1 Å². The lowest BCUT2D eigenvalue weighted by atomic mass is 10.1. The van der Waals surface area contributed by atoms with E-state index < -0.39 is 51.1 Å². The summed E-state index contributed by atoms with van der Waals surface area (Å²) in [6.45, 7) is 9.46. The number of aromatic carboxylic acids is 2. The van der Waals surface area contributed by atoms with Crippen LogP contribution in [0.2, 0.25) is 0 Å².